The first kappa shape index (κ1) is 8.27. The summed E-state index contributed by atoms with van der Waals surface area (Å²) in [5.74, 6) is 0.100. The molecule has 0 aliphatic rings. The molecule has 0 spiro atoms. The fourth-order valence-electron chi connectivity index (χ4n) is 0.959. The molecule has 0 saturated heterocycles. The molecule has 0 aliphatic heterocycles. The zero-order chi connectivity index (χ0) is 9.14. The van der Waals surface area contributed by atoms with Gasteiger partial charge in [-0.2, -0.15) is 10.4 Å². The molecule has 62 valence electrons. The summed E-state index contributed by atoms with van der Waals surface area (Å²) in [6.07, 6.45) is 1.60. The molecule has 1 heterocycles. The van der Waals surface area contributed by atoms with E-state index in [0.29, 0.717) is 0 Å². The molecule has 5 heteroatoms. The van der Waals surface area contributed by atoms with E-state index in [4.69, 9.17) is 11.0 Å². The van der Waals surface area contributed by atoms with E-state index < -0.39 is 0 Å². The minimum Gasteiger partial charge on any atom is -0.367 e. The molecule has 0 saturated carbocycles. The van der Waals surface area contributed by atoms with Crippen LogP contribution in [0.3, 0.4) is 0 Å². The first-order valence-electron chi connectivity index (χ1n) is 3.41. The van der Waals surface area contributed by atoms with Crippen LogP contribution in [0.1, 0.15) is 11.4 Å². The van der Waals surface area contributed by atoms with Crippen LogP contribution in [0.25, 0.3) is 0 Å². The Labute approximate surface area is 70.1 Å². The lowest BCUT2D eigenvalue weighted by atomic mass is 10.4. The molecule has 1 rings (SSSR count). The molecule has 0 amide bonds. The largest absolute Gasteiger partial charge is 0.367 e. The molecule has 0 fully saturated rings. The first-order valence-corrected chi connectivity index (χ1v) is 3.41. The molecule has 1 aromatic heterocycles. The van der Waals surface area contributed by atoms with Crippen molar-refractivity contribution in [2.45, 2.75) is 13.8 Å². The monoisotopic (exact) mass is 163 g/mol. The molecule has 0 aliphatic carbocycles. The fourth-order valence-corrected chi connectivity index (χ4v) is 0.959. The van der Waals surface area contributed by atoms with E-state index in [1.807, 2.05) is 19.9 Å². The third kappa shape index (κ3) is 1.42. The molecule has 12 heavy (non-hydrogen) atoms. The highest BCUT2D eigenvalue weighted by atomic mass is 15.4. The smallest absolute Gasteiger partial charge is 0.232 e. The molecular weight excluding hydrogens is 154 g/mol. The van der Waals surface area contributed by atoms with Crippen LogP contribution in [-0.4, -0.2) is 15.7 Å². The Morgan fingerprint density at radius 2 is 2.42 bits per heavy atom. The fraction of sp³-hybridized carbons (Fsp3) is 0.286. The van der Waals surface area contributed by atoms with Crippen molar-refractivity contribution in [1.82, 2.24) is 9.78 Å². The minimum absolute atomic E-state index is 0.100. The van der Waals surface area contributed by atoms with Crippen molar-refractivity contribution < 1.29 is 0 Å². The van der Waals surface area contributed by atoms with Crippen LogP contribution in [0.2, 0.25) is 0 Å². The highest BCUT2D eigenvalue weighted by Crippen LogP contribution is 1.99. The summed E-state index contributed by atoms with van der Waals surface area (Å²) < 4.78 is 1.43. The van der Waals surface area contributed by atoms with E-state index in [1.54, 1.807) is 6.19 Å². The number of aliphatic imine (C=N–C) groups is 1. The Hall–Kier alpha value is -1.83. The van der Waals surface area contributed by atoms with Gasteiger partial charge in [0.15, 0.2) is 0 Å². The van der Waals surface area contributed by atoms with Crippen LogP contribution < -0.4 is 5.73 Å². The van der Waals surface area contributed by atoms with Gasteiger partial charge in [0.1, 0.15) is 0 Å². The van der Waals surface area contributed by atoms with Crippen molar-refractivity contribution >= 4 is 5.96 Å². The summed E-state index contributed by atoms with van der Waals surface area (Å²) in [5, 5.41) is 12.3. The number of rotatable bonds is 0. The van der Waals surface area contributed by atoms with E-state index >= 15 is 0 Å². The topological polar surface area (TPSA) is 80.0 Å². The average Bonchev–Trinajstić information content (AvgIpc) is 2.30. The van der Waals surface area contributed by atoms with Crippen molar-refractivity contribution in [1.29, 1.82) is 5.26 Å². The predicted molar refractivity (Wildman–Crippen MR) is 44.3 cm³/mol. The Balaban J connectivity index is 3.12. The van der Waals surface area contributed by atoms with Crippen LogP contribution in [0.5, 0.6) is 0 Å². The minimum atomic E-state index is 0.100. The standard InChI is InChI=1S/C7H9N5/c1-5-3-6(2)12(11-5)7(9)10-4-8/h3H,1-2H3,(H2,9,10). The van der Waals surface area contributed by atoms with Gasteiger partial charge in [-0.05, 0) is 19.9 Å². The van der Waals surface area contributed by atoms with Gasteiger partial charge < -0.3 is 5.73 Å². The van der Waals surface area contributed by atoms with Crippen LogP contribution in [-0.2, 0) is 0 Å². The summed E-state index contributed by atoms with van der Waals surface area (Å²) in [6.45, 7) is 3.70. The third-order valence-electron chi connectivity index (χ3n) is 1.39. The van der Waals surface area contributed by atoms with Gasteiger partial charge in [-0.1, -0.05) is 0 Å². The van der Waals surface area contributed by atoms with Crippen molar-refractivity contribution in [3.8, 4) is 6.19 Å². The van der Waals surface area contributed by atoms with Gasteiger partial charge in [-0.15, -0.1) is 4.99 Å². The maximum absolute atomic E-state index is 8.24. The van der Waals surface area contributed by atoms with Crippen molar-refractivity contribution in [2.75, 3.05) is 0 Å². The van der Waals surface area contributed by atoms with Gasteiger partial charge in [-0.3, -0.25) is 0 Å². The van der Waals surface area contributed by atoms with E-state index in [1.165, 1.54) is 4.68 Å². The number of aromatic nitrogens is 2. The van der Waals surface area contributed by atoms with E-state index in [-0.39, 0.29) is 5.96 Å². The number of nitriles is 1. The average molecular weight is 163 g/mol. The van der Waals surface area contributed by atoms with Crippen molar-refractivity contribution in [3.05, 3.63) is 17.5 Å². The Bertz CT molecular complexity index is 354. The number of nitrogens with zero attached hydrogens (tertiary/aromatic N) is 4. The normalized spacial score (nSPS) is 11.2. The zero-order valence-electron chi connectivity index (χ0n) is 6.94. The summed E-state index contributed by atoms with van der Waals surface area (Å²) in [4.78, 5) is 3.37. The Kier molecular flexibility index (Phi) is 2.10. The second-order valence-electron chi connectivity index (χ2n) is 2.41. The van der Waals surface area contributed by atoms with E-state index in [9.17, 15) is 0 Å². The van der Waals surface area contributed by atoms with Gasteiger partial charge >= 0.3 is 0 Å². The number of nitrogens with two attached hydrogens (primary N) is 1. The van der Waals surface area contributed by atoms with E-state index in [2.05, 4.69) is 10.1 Å². The van der Waals surface area contributed by atoms with Crippen molar-refractivity contribution in [2.24, 2.45) is 10.7 Å². The van der Waals surface area contributed by atoms with Gasteiger partial charge in [0, 0.05) is 5.69 Å². The molecule has 0 radical (unpaired) electrons. The van der Waals surface area contributed by atoms with Crippen molar-refractivity contribution in [3.63, 3.8) is 0 Å². The predicted octanol–water partition coefficient (Wildman–Crippen LogP) is 0.144. The molecule has 1 aromatic rings. The van der Waals surface area contributed by atoms with Crippen LogP contribution in [0, 0.1) is 25.3 Å². The molecule has 2 N–H and O–H groups in total. The SMILES string of the molecule is Cc1cc(C)n(C(N)=NC#N)n1. The van der Waals surface area contributed by atoms with Crippen LogP contribution >= 0.6 is 0 Å². The number of hydrogen-bond donors (Lipinski definition) is 1. The third-order valence-corrected chi connectivity index (χ3v) is 1.39. The molecule has 0 bridgehead atoms. The lowest BCUT2D eigenvalue weighted by molar-refractivity contribution is 0.870. The lowest BCUT2D eigenvalue weighted by Crippen LogP contribution is -2.24. The zero-order valence-corrected chi connectivity index (χ0v) is 6.94. The van der Waals surface area contributed by atoms with Gasteiger partial charge in [0.25, 0.3) is 0 Å². The number of aryl methyl sites for hydroxylation is 2. The second-order valence-corrected chi connectivity index (χ2v) is 2.41. The van der Waals surface area contributed by atoms with Crippen LogP contribution in [0.4, 0.5) is 0 Å². The van der Waals surface area contributed by atoms with Gasteiger partial charge in [0.2, 0.25) is 12.2 Å². The maximum Gasteiger partial charge on any atom is 0.232 e. The van der Waals surface area contributed by atoms with Gasteiger partial charge in [-0.25, -0.2) is 4.68 Å². The summed E-state index contributed by atoms with van der Waals surface area (Å²) >= 11 is 0. The lowest BCUT2D eigenvalue weighted by Gasteiger charge is -1.98. The second kappa shape index (κ2) is 3.05. The summed E-state index contributed by atoms with van der Waals surface area (Å²) in [7, 11) is 0. The molecule has 0 atom stereocenters. The molecular formula is C7H9N5. The Morgan fingerprint density at radius 3 is 2.83 bits per heavy atom. The molecule has 0 unspecified atom stereocenters. The Morgan fingerprint density at radius 1 is 1.75 bits per heavy atom. The molecule has 0 aromatic carbocycles. The maximum atomic E-state index is 8.24. The van der Waals surface area contributed by atoms with E-state index in [0.717, 1.165) is 11.4 Å². The summed E-state index contributed by atoms with van der Waals surface area (Å²) in [5.41, 5.74) is 7.16. The number of hydrogen-bond acceptors (Lipinski definition) is 3. The van der Waals surface area contributed by atoms with Gasteiger partial charge in [0.05, 0.1) is 5.69 Å². The van der Waals surface area contributed by atoms with Crippen LogP contribution in [0.15, 0.2) is 11.1 Å². The quantitative estimate of drug-likeness (QED) is 0.335. The highest BCUT2D eigenvalue weighted by molar-refractivity contribution is 5.81. The highest BCUT2D eigenvalue weighted by Gasteiger charge is 2.03. The summed E-state index contributed by atoms with van der Waals surface area (Å²) in [6, 6.07) is 1.86. The first-order chi connectivity index (χ1) is 5.65. The molecule has 5 nitrogen and oxygen atoms in total.